The first-order chi connectivity index (χ1) is 12.0. The highest BCUT2D eigenvalue weighted by atomic mass is 16.3. The lowest BCUT2D eigenvalue weighted by atomic mass is 10.0. The maximum atomic E-state index is 12.2. The molecule has 1 heterocycles. The van der Waals surface area contributed by atoms with Gasteiger partial charge in [0, 0.05) is 38.3 Å². The zero-order valence-electron chi connectivity index (χ0n) is 15.0. The third-order valence-electron chi connectivity index (χ3n) is 4.92. The SMILES string of the molecule is CC(=O)N(c1ccc(C)cc1)C1CCN(Cc2ccc(O)cc2)CC1. The van der Waals surface area contributed by atoms with E-state index < -0.39 is 0 Å². The van der Waals surface area contributed by atoms with Crippen LogP contribution in [0.3, 0.4) is 0 Å². The van der Waals surface area contributed by atoms with Crippen LogP contribution in [0.25, 0.3) is 0 Å². The van der Waals surface area contributed by atoms with E-state index in [1.807, 2.05) is 29.2 Å². The fraction of sp³-hybridized carbons (Fsp3) is 0.381. The van der Waals surface area contributed by atoms with Gasteiger partial charge in [-0.05, 0) is 49.6 Å². The normalized spacial score (nSPS) is 15.9. The molecule has 1 aliphatic rings. The van der Waals surface area contributed by atoms with Crippen LogP contribution < -0.4 is 4.90 Å². The van der Waals surface area contributed by atoms with Crippen molar-refractivity contribution in [3.05, 3.63) is 59.7 Å². The van der Waals surface area contributed by atoms with E-state index in [4.69, 9.17) is 0 Å². The lowest BCUT2D eigenvalue weighted by molar-refractivity contribution is -0.117. The van der Waals surface area contributed by atoms with Gasteiger partial charge in [-0.1, -0.05) is 29.8 Å². The summed E-state index contributed by atoms with van der Waals surface area (Å²) < 4.78 is 0. The molecule has 2 aromatic rings. The molecule has 1 saturated heterocycles. The number of phenolic OH excluding ortho intramolecular Hbond substituents is 1. The van der Waals surface area contributed by atoms with Crippen LogP contribution in [0.1, 0.15) is 30.9 Å². The minimum atomic E-state index is 0.112. The highest BCUT2D eigenvalue weighted by molar-refractivity contribution is 5.92. The van der Waals surface area contributed by atoms with Crippen LogP contribution in [0.15, 0.2) is 48.5 Å². The van der Waals surface area contributed by atoms with E-state index in [9.17, 15) is 9.90 Å². The number of aryl methyl sites for hydroxylation is 1. The lowest BCUT2D eigenvalue weighted by Gasteiger charge is -2.38. The number of phenols is 1. The maximum Gasteiger partial charge on any atom is 0.224 e. The van der Waals surface area contributed by atoms with Gasteiger partial charge in [0.1, 0.15) is 5.75 Å². The Hall–Kier alpha value is -2.33. The van der Waals surface area contributed by atoms with Crippen LogP contribution in [0.2, 0.25) is 0 Å². The van der Waals surface area contributed by atoms with Gasteiger partial charge in [0.25, 0.3) is 0 Å². The van der Waals surface area contributed by atoms with E-state index in [1.54, 1.807) is 19.1 Å². The summed E-state index contributed by atoms with van der Waals surface area (Å²) in [6.45, 7) is 6.55. The summed E-state index contributed by atoms with van der Waals surface area (Å²) in [5.41, 5.74) is 3.41. The Balaban J connectivity index is 1.62. The predicted molar refractivity (Wildman–Crippen MR) is 101 cm³/mol. The Labute approximate surface area is 149 Å². The van der Waals surface area contributed by atoms with Gasteiger partial charge in [-0.25, -0.2) is 0 Å². The molecule has 1 amide bonds. The number of hydrogen-bond acceptors (Lipinski definition) is 3. The van der Waals surface area contributed by atoms with Crippen molar-refractivity contribution >= 4 is 11.6 Å². The molecule has 0 unspecified atom stereocenters. The van der Waals surface area contributed by atoms with Crippen molar-refractivity contribution in [1.82, 2.24) is 4.90 Å². The number of benzene rings is 2. The highest BCUT2D eigenvalue weighted by Gasteiger charge is 2.27. The van der Waals surface area contributed by atoms with Crippen molar-refractivity contribution in [1.29, 1.82) is 0 Å². The molecule has 4 heteroatoms. The molecule has 4 nitrogen and oxygen atoms in total. The number of hydrogen-bond donors (Lipinski definition) is 1. The summed E-state index contributed by atoms with van der Waals surface area (Å²) >= 11 is 0. The summed E-state index contributed by atoms with van der Waals surface area (Å²) in [7, 11) is 0. The topological polar surface area (TPSA) is 43.8 Å². The van der Waals surface area contributed by atoms with Crippen molar-refractivity contribution in [2.24, 2.45) is 0 Å². The molecule has 1 fully saturated rings. The largest absolute Gasteiger partial charge is 0.508 e. The van der Waals surface area contributed by atoms with Crippen molar-refractivity contribution < 1.29 is 9.90 Å². The van der Waals surface area contributed by atoms with Crippen molar-refractivity contribution in [3.63, 3.8) is 0 Å². The van der Waals surface area contributed by atoms with Gasteiger partial charge in [0.05, 0.1) is 0 Å². The van der Waals surface area contributed by atoms with Crippen LogP contribution >= 0.6 is 0 Å². The van der Waals surface area contributed by atoms with E-state index in [-0.39, 0.29) is 11.9 Å². The molecule has 0 aromatic heterocycles. The number of carbonyl (C=O) groups excluding carboxylic acids is 1. The van der Waals surface area contributed by atoms with Crippen LogP contribution in [0.5, 0.6) is 5.75 Å². The van der Waals surface area contributed by atoms with Crippen LogP contribution in [-0.2, 0) is 11.3 Å². The molecule has 25 heavy (non-hydrogen) atoms. The number of amides is 1. The van der Waals surface area contributed by atoms with Crippen LogP contribution in [0.4, 0.5) is 5.69 Å². The second kappa shape index (κ2) is 7.70. The Morgan fingerprint density at radius 1 is 1.08 bits per heavy atom. The molecule has 0 atom stereocenters. The minimum absolute atomic E-state index is 0.112. The molecule has 1 aliphatic heterocycles. The van der Waals surface area contributed by atoms with Gasteiger partial charge in [0.2, 0.25) is 5.91 Å². The Kier molecular flexibility index (Phi) is 5.39. The molecule has 2 aromatic carbocycles. The fourth-order valence-electron chi connectivity index (χ4n) is 3.55. The molecular weight excluding hydrogens is 312 g/mol. The average molecular weight is 338 g/mol. The molecule has 0 radical (unpaired) electrons. The lowest BCUT2D eigenvalue weighted by Crippen LogP contribution is -2.46. The Bertz CT molecular complexity index is 702. The number of aromatic hydroxyl groups is 1. The average Bonchev–Trinajstić information content (AvgIpc) is 2.60. The van der Waals surface area contributed by atoms with Crippen molar-refractivity contribution in [2.45, 2.75) is 39.3 Å². The summed E-state index contributed by atoms with van der Waals surface area (Å²) in [6.07, 6.45) is 1.96. The zero-order chi connectivity index (χ0) is 17.8. The second-order valence-corrected chi connectivity index (χ2v) is 6.90. The van der Waals surface area contributed by atoms with Gasteiger partial charge >= 0.3 is 0 Å². The number of nitrogens with zero attached hydrogens (tertiary/aromatic N) is 2. The van der Waals surface area contributed by atoms with Crippen LogP contribution in [0, 0.1) is 6.92 Å². The molecule has 0 bridgehead atoms. The number of piperidine rings is 1. The monoisotopic (exact) mass is 338 g/mol. The van der Waals surface area contributed by atoms with Gasteiger partial charge in [-0.3, -0.25) is 9.69 Å². The van der Waals surface area contributed by atoms with Crippen molar-refractivity contribution in [3.8, 4) is 5.75 Å². The standard InChI is InChI=1S/C21H26N2O2/c1-16-3-7-19(8-4-16)23(17(2)24)20-11-13-22(14-12-20)15-18-5-9-21(25)10-6-18/h3-10,20,25H,11-15H2,1-2H3. The number of carbonyl (C=O) groups is 1. The summed E-state index contributed by atoms with van der Waals surface area (Å²) in [5.74, 6) is 0.415. The van der Waals surface area contributed by atoms with E-state index in [0.29, 0.717) is 5.75 Å². The van der Waals surface area contributed by atoms with Crippen molar-refractivity contribution in [2.75, 3.05) is 18.0 Å². The van der Waals surface area contributed by atoms with E-state index in [2.05, 4.69) is 24.0 Å². The van der Waals surface area contributed by atoms with E-state index >= 15 is 0 Å². The van der Waals surface area contributed by atoms with Gasteiger partial charge in [0.15, 0.2) is 0 Å². The molecule has 132 valence electrons. The van der Waals surface area contributed by atoms with Crippen LogP contribution in [-0.4, -0.2) is 35.0 Å². The molecular formula is C21H26N2O2. The molecule has 3 rings (SSSR count). The fourth-order valence-corrected chi connectivity index (χ4v) is 3.55. The third-order valence-corrected chi connectivity index (χ3v) is 4.92. The third kappa shape index (κ3) is 4.40. The van der Waals surface area contributed by atoms with Gasteiger partial charge in [-0.15, -0.1) is 0 Å². The highest BCUT2D eigenvalue weighted by Crippen LogP contribution is 2.25. The Morgan fingerprint density at radius 2 is 1.68 bits per heavy atom. The maximum absolute atomic E-state index is 12.2. The predicted octanol–water partition coefficient (Wildman–Crippen LogP) is 3.72. The summed E-state index contributed by atoms with van der Waals surface area (Å²) in [6, 6.07) is 15.9. The molecule has 1 N–H and O–H groups in total. The smallest absolute Gasteiger partial charge is 0.224 e. The molecule has 0 spiro atoms. The molecule has 0 aliphatic carbocycles. The first kappa shape index (κ1) is 17.5. The van der Waals surface area contributed by atoms with Gasteiger partial charge in [-0.2, -0.15) is 0 Å². The number of rotatable bonds is 4. The van der Waals surface area contributed by atoms with E-state index in [0.717, 1.165) is 38.2 Å². The van der Waals surface area contributed by atoms with Gasteiger partial charge < -0.3 is 10.0 Å². The quantitative estimate of drug-likeness (QED) is 0.924. The summed E-state index contributed by atoms with van der Waals surface area (Å²) in [4.78, 5) is 16.6. The molecule has 0 saturated carbocycles. The Morgan fingerprint density at radius 3 is 2.24 bits per heavy atom. The van der Waals surface area contributed by atoms with E-state index in [1.165, 1.54) is 11.1 Å². The minimum Gasteiger partial charge on any atom is -0.508 e. The first-order valence-electron chi connectivity index (χ1n) is 8.89. The first-order valence-corrected chi connectivity index (χ1v) is 8.89. The zero-order valence-corrected chi connectivity index (χ0v) is 15.0. The number of likely N-dealkylation sites (tertiary alicyclic amines) is 1. The summed E-state index contributed by atoms with van der Waals surface area (Å²) in [5, 5.41) is 9.38. The number of anilines is 1. The second-order valence-electron chi connectivity index (χ2n) is 6.90.